The molecule has 5 heteroatoms. The molecule has 1 atom stereocenters. The lowest BCUT2D eigenvalue weighted by atomic mass is 10.2. The summed E-state index contributed by atoms with van der Waals surface area (Å²) in [6, 6.07) is 0. The third-order valence-corrected chi connectivity index (χ3v) is 2.47. The van der Waals surface area contributed by atoms with Gasteiger partial charge in [-0.2, -0.15) is 0 Å². The molecule has 0 saturated carbocycles. The molecule has 0 amide bonds. The Hall–Kier alpha value is -0.970. The number of rotatable bonds is 2. The third kappa shape index (κ3) is 2.24. The number of hydrogen-bond acceptors (Lipinski definition) is 3. The number of hydrogen-bond donors (Lipinski definition) is 1. The third-order valence-electron chi connectivity index (χ3n) is 1.70. The van der Waals surface area contributed by atoms with Crippen molar-refractivity contribution in [3.8, 4) is 0 Å². The molecule has 0 radical (unpaired) electrons. The van der Waals surface area contributed by atoms with Gasteiger partial charge in [-0.1, -0.05) is 0 Å². The molecule has 4 nitrogen and oxygen atoms in total. The first-order chi connectivity index (χ1) is 6.02. The van der Waals surface area contributed by atoms with E-state index in [2.05, 4.69) is 25.9 Å². The Bertz CT molecular complexity index is 341. The SMILES string of the molecule is Cc1nc(C(C)C(=O)O)ncc1Br. The van der Waals surface area contributed by atoms with E-state index in [9.17, 15) is 4.79 Å². The molecule has 0 aromatic carbocycles. The van der Waals surface area contributed by atoms with E-state index in [0.29, 0.717) is 5.82 Å². The highest BCUT2D eigenvalue weighted by Gasteiger charge is 2.16. The van der Waals surface area contributed by atoms with E-state index in [1.165, 1.54) is 0 Å². The van der Waals surface area contributed by atoms with Crippen LogP contribution < -0.4 is 0 Å². The molecule has 0 aliphatic heterocycles. The van der Waals surface area contributed by atoms with Crippen LogP contribution in [0.15, 0.2) is 10.7 Å². The Morgan fingerprint density at radius 3 is 2.77 bits per heavy atom. The monoisotopic (exact) mass is 244 g/mol. The summed E-state index contributed by atoms with van der Waals surface area (Å²) >= 11 is 3.24. The van der Waals surface area contributed by atoms with Crippen molar-refractivity contribution in [2.75, 3.05) is 0 Å². The van der Waals surface area contributed by atoms with Crippen LogP contribution in [0.3, 0.4) is 0 Å². The van der Waals surface area contributed by atoms with E-state index in [1.807, 2.05) is 0 Å². The van der Waals surface area contributed by atoms with Crippen LogP contribution in [0.1, 0.15) is 24.4 Å². The Kier molecular flexibility index (Phi) is 2.98. The van der Waals surface area contributed by atoms with Crippen molar-refractivity contribution in [2.45, 2.75) is 19.8 Å². The molecule has 0 spiro atoms. The van der Waals surface area contributed by atoms with Gasteiger partial charge in [0.05, 0.1) is 10.2 Å². The maximum Gasteiger partial charge on any atom is 0.313 e. The lowest BCUT2D eigenvalue weighted by molar-refractivity contribution is -0.138. The molecule has 0 aliphatic carbocycles. The van der Waals surface area contributed by atoms with Crippen molar-refractivity contribution in [3.05, 3.63) is 22.2 Å². The summed E-state index contributed by atoms with van der Waals surface area (Å²) in [7, 11) is 0. The van der Waals surface area contributed by atoms with Gasteiger partial charge in [-0.25, -0.2) is 9.97 Å². The number of halogens is 1. The van der Waals surface area contributed by atoms with Crippen LogP contribution >= 0.6 is 15.9 Å². The van der Waals surface area contributed by atoms with Gasteiger partial charge in [0.2, 0.25) is 0 Å². The summed E-state index contributed by atoms with van der Waals surface area (Å²) in [4.78, 5) is 18.6. The van der Waals surface area contributed by atoms with E-state index in [0.717, 1.165) is 10.2 Å². The van der Waals surface area contributed by atoms with E-state index < -0.39 is 11.9 Å². The number of carbonyl (C=O) groups is 1. The van der Waals surface area contributed by atoms with Gasteiger partial charge in [-0.05, 0) is 29.8 Å². The molecule has 1 N–H and O–H groups in total. The Balaban J connectivity index is 3.03. The second-order valence-electron chi connectivity index (χ2n) is 2.72. The number of aliphatic carboxylic acids is 1. The molecule has 13 heavy (non-hydrogen) atoms. The maximum atomic E-state index is 10.6. The van der Waals surface area contributed by atoms with Crippen molar-refractivity contribution >= 4 is 21.9 Å². The molecule has 1 aromatic rings. The predicted molar refractivity (Wildman–Crippen MR) is 50.5 cm³/mol. The summed E-state index contributed by atoms with van der Waals surface area (Å²) in [5, 5.41) is 8.70. The summed E-state index contributed by atoms with van der Waals surface area (Å²) in [6.07, 6.45) is 1.57. The van der Waals surface area contributed by atoms with Crippen molar-refractivity contribution < 1.29 is 9.90 Å². The summed E-state index contributed by atoms with van der Waals surface area (Å²) < 4.78 is 0.786. The smallest absolute Gasteiger partial charge is 0.313 e. The van der Waals surface area contributed by atoms with Gasteiger partial charge < -0.3 is 5.11 Å². The fourth-order valence-electron chi connectivity index (χ4n) is 0.789. The zero-order valence-corrected chi connectivity index (χ0v) is 8.87. The van der Waals surface area contributed by atoms with E-state index in [-0.39, 0.29) is 0 Å². The number of carboxylic acids is 1. The molecule has 1 rings (SSSR count). The van der Waals surface area contributed by atoms with Gasteiger partial charge >= 0.3 is 5.97 Å². The first-order valence-corrected chi connectivity index (χ1v) is 4.53. The molecule has 0 aliphatic rings. The Morgan fingerprint density at radius 1 is 1.69 bits per heavy atom. The highest BCUT2D eigenvalue weighted by molar-refractivity contribution is 9.10. The second-order valence-corrected chi connectivity index (χ2v) is 3.58. The zero-order valence-electron chi connectivity index (χ0n) is 7.28. The molecule has 70 valence electrons. The molecule has 1 heterocycles. The number of nitrogens with zero attached hydrogens (tertiary/aromatic N) is 2. The minimum absolute atomic E-state index is 0.341. The van der Waals surface area contributed by atoms with Crippen LogP contribution in [0.25, 0.3) is 0 Å². The maximum absolute atomic E-state index is 10.6. The average Bonchev–Trinajstić information content (AvgIpc) is 2.08. The molecular formula is C8H9BrN2O2. The average molecular weight is 245 g/mol. The molecule has 0 fully saturated rings. The largest absolute Gasteiger partial charge is 0.481 e. The number of aryl methyl sites for hydroxylation is 1. The van der Waals surface area contributed by atoms with Crippen LogP contribution in [-0.2, 0) is 4.79 Å². The summed E-state index contributed by atoms with van der Waals surface area (Å²) in [6.45, 7) is 3.36. The molecular weight excluding hydrogens is 236 g/mol. The first kappa shape index (κ1) is 10.1. The van der Waals surface area contributed by atoms with E-state index >= 15 is 0 Å². The van der Waals surface area contributed by atoms with Crippen molar-refractivity contribution in [1.82, 2.24) is 9.97 Å². The second kappa shape index (κ2) is 3.83. The molecule has 1 aromatic heterocycles. The highest BCUT2D eigenvalue weighted by atomic mass is 79.9. The predicted octanol–water partition coefficient (Wildman–Crippen LogP) is 1.74. The zero-order chi connectivity index (χ0) is 10.0. The fourth-order valence-corrected chi connectivity index (χ4v) is 0.980. The van der Waals surface area contributed by atoms with Gasteiger partial charge in [0, 0.05) is 6.20 Å². The molecule has 0 bridgehead atoms. The van der Waals surface area contributed by atoms with Crippen LogP contribution in [0.5, 0.6) is 0 Å². The summed E-state index contributed by atoms with van der Waals surface area (Å²) in [5.74, 6) is -1.23. The highest BCUT2D eigenvalue weighted by Crippen LogP contribution is 2.16. The normalized spacial score (nSPS) is 12.5. The van der Waals surface area contributed by atoms with Gasteiger partial charge in [0.15, 0.2) is 0 Å². The quantitative estimate of drug-likeness (QED) is 0.861. The Morgan fingerprint density at radius 2 is 2.31 bits per heavy atom. The minimum atomic E-state index is -0.915. The lowest BCUT2D eigenvalue weighted by Crippen LogP contribution is -2.11. The van der Waals surface area contributed by atoms with Gasteiger partial charge in [0.25, 0.3) is 0 Å². The molecule has 1 unspecified atom stereocenters. The van der Waals surface area contributed by atoms with Crippen molar-refractivity contribution in [2.24, 2.45) is 0 Å². The van der Waals surface area contributed by atoms with Crippen LogP contribution in [0.4, 0.5) is 0 Å². The minimum Gasteiger partial charge on any atom is -0.481 e. The van der Waals surface area contributed by atoms with Crippen LogP contribution in [0.2, 0.25) is 0 Å². The van der Waals surface area contributed by atoms with Crippen LogP contribution in [-0.4, -0.2) is 21.0 Å². The number of carboxylic acid groups (broad SMARTS) is 1. The van der Waals surface area contributed by atoms with Gasteiger partial charge in [-0.15, -0.1) is 0 Å². The van der Waals surface area contributed by atoms with E-state index in [1.54, 1.807) is 20.0 Å². The topological polar surface area (TPSA) is 63.1 Å². The van der Waals surface area contributed by atoms with Gasteiger partial charge in [-0.3, -0.25) is 4.79 Å². The number of aromatic nitrogens is 2. The van der Waals surface area contributed by atoms with E-state index in [4.69, 9.17) is 5.11 Å². The molecule has 0 saturated heterocycles. The standard InChI is InChI=1S/C8H9BrN2O2/c1-4(8(12)13)7-10-3-6(9)5(2)11-7/h3-4H,1-2H3,(H,12,13). The van der Waals surface area contributed by atoms with Crippen LogP contribution in [0, 0.1) is 6.92 Å². The summed E-state index contributed by atoms with van der Waals surface area (Å²) in [5.41, 5.74) is 0.748. The first-order valence-electron chi connectivity index (χ1n) is 3.74. The Labute approximate surface area is 84.2 Å². The van der Waals surface area contributed by atoms with Gasteiger partial charge in [0.1, 0.15) is 11.7 Å². The lowest BCUT2D eigenvalue weighted by Gasteiger charge is -2.05. The fraction of sp³-hybridized carbons (Fsp3) is 0.375. The van der Waals surface area contributed by atoms with Crippen molar-refractivity contribution in [1.29, 1.82) is 0 Å². The van der Waals surface area contributed by atoms with Crippen molar-refractivity contribution in [3.63, 3.8) is 0 Å².